The Hall–Kier alpha value is -0.960. The van der Waals surface area contributed by atoms with E-state index in [4.69, 9.17) is 5.73 Å². The standard InChI is InChI=1S/C11H13F2N/c12-11(13)6-5-8(7-14)9-3-1-2-4-10(9)11/h1-4,8H,5-7,14H2. The van der Waals surface area contributed by atoms with Gasteiger partial charge in [0.05, 0.1) is 0 Å². The first-order chi connectivity index (χ1) is 6.65. The van der Waals surface area contributed by atoms with Crippen LogP contribution >= 0.6 is 0 Å². The molecule has 0 aliphatic heterocycles. The van der Waals surface area contributed by atoms with Gasteiger partial charge in [0.25, 0.3) is 5.92 Å². The maximum Gasteiger partial charge on any atom is 0.273 e. The predicted molar refractivity (Wildman–Crippen MR) is 51.4 cm³/mol. The van der Waals surface area contributed by atoms with Crippen LogP contribution in [0.1, 0.15) is 29.9 Å². The fraction of sp³-hybridized carbons (Fsp3) is 0.455. The minimum Gasteiger partial charge on any atom is -0.330 e. The van der Waals surface area contributed by atoms with Crippen molar-refractivity contribution in [2.24, 2.45) is 5.73 Å². The van der Waals surface area contributed by atoms with E-state index in [1.54, 1.807) is 18.2 Å². The van der Waals surface area contributed by atoms with E-state index in [1.165, 1.54) is 6.07 Å². The second-order valence-electron chi connectivity index (χ2n) is 3.76. The smallest absolute Gasteiger partial charge is 0.273 e. The van der Waals surface area contributed by atoms with Gasteiger partial charge in [-0.3, -0.25) is 0 Å². The molecule has 2 N–H and O–H groups in total. The first kappa shape index (κ1) is 9.59. The maximum atomic E-state index is 13.5. The van der Waals surface area contributed by atoms with E-state index in [9.17, 15) is 8.78 Å². The molecule has 3 heteroatoms. The molecule has 0 radical (unpaired) electrons. The molecule has 1 aliphatic rings. The molecule has 0 saturated heterocycles. The summed E-state index contributed by atoms with van der Waals surface area (Å²) in [4.78, 5) is 0. The van der Waals surface area contributed by atoms with Crippen LogP contribution in [0.3, 0.4) is 0 Å². The normalized spacial score (nSPS) is 24.4. The van der Waals surface area contributed by atoms with Crippen LogP contribution in [0.25, 0.3) is 0 Å². The Morgan fingerprint density at radius 1 is 1.36 bits per heavy atom. The topological polar surface area (TPSA) is 26.0 Å². The van der Waals surface area contributed by atoms with Gasteiger partial charge >= 0.3 is 0 Å². The SMILES string of the molecule is NCC1CCC(F)(F)c2ccccc21. The van der Waals surface area contributed by atoms with Crippen molar-refractivity contribution in [2.45, 2.75) is 24.7 Å². The molecule has 0 aromatic heterocycles. The van der Waals surface area contributed by atoms with E-state index >= 15 is 0 Å². The molecule has 0 saturated carbocycles. The molecular formula is C11H13F2N. The molecule has 0 fully saturated rings. The highest BCUT2D eigenvalue weighted by molar-refractivity contribution is 5.36. The van der Waals surface area contributed by atoms with E-state index in [1.807, 2.05) is 0 Å². The van der Waals surface area contributed by atoms with Crippen LogP contribution in [0, 0.1) is 0 Å². The quantitative estimate of drug-likeness (QED) is 0.735. The summed E-state index contributed by atoms with van der Waals surface area (Å²) >= 11 is 0. The van der Waals surface area contributed by atoms with Gasteiger partial charge in [-0.05, 0) is 24.4 Å². The lowest BCUT2D eigenvalue weighted by Gasteiger charge is -2.30. The number of nitrogens with two attached hydrogens (primary N) is 1. The van der Waals surface area contributed by atoms with Gasteiger partial charge < -0.3 is 5.73 Å². The molecule has 14 heavy (non-hydrogen) atoms. The minimum atomic E-state index is -2.66. The van der Waals surface area contributed by atoms with Crippen molar-refractivity contribution in [1.29, 1.82) is 0 Å². The molecule has 1 aliphatic carbocycles. The summed E-state index contributed by atoms with van der Waals surface area (Å²) in [7, 11) is 0. The van der Waals surface area contributed by atoms with Crippen molar-refractivity contribution in [3.63, 3.8) is 0 Å². The van der Waals surface area contributed by atoms with Crippen molar-refractivity contribution >= 4 is 0 Å². The van der Waals surface area contributed by atoms with Gasteiger partial charge in [-0.1, -0.05) is 24.3 Å². The largest absolute Gasteiger partial charge is 0.330 e. The lowest BCUT2D eigenvalue weighted by atomic mass is 9.81. The Bertz CT molecular complexity index is 336. The maximum absolute atomic E-state index is 13.5. The fourth-order valence-electron chi connectivity index (χ4n) is 2.08. The number of hydrogen-bond donors (Lipinski definition) is 1. The van der Waals surface area contributed by atoms with E-state index in [-0.39, 0.29) is 17.9 Å². The number of alkyl halides is 2. The van der Waals surface area contributed by atoms with Crippen molar-refractivity contribution in [2.75, 3.05) is 6.54 Å². The van der Waals surface area contributed by atoms with Gasteiger partial charge in [0.2, 0.25) is 0 Å². The molecule has 0 bridgehead atoms. The number of fused-ring (bicyclic) bond motifs is 1. The monoisotopic (exact) mass is 197 g/mol. The molecule has 0 amide bonds. The first-order valence-corrected chi connectivity index (χ1v) is 4.82. The van der Waals surface area contributed by atoms with E-state index in [0.29, 0.717) is 13.0 Å². The summed E-state index contributed by atoms with van der Waals surface area (Å²) in [6.45, 7) is 0.451. The first-order valence-electron chi connectivity index (χ1n) is 4.82. The zero-order valence-electron chi connectivity index (χ0n) is 7.84. The second kappa shape index (κ2) is 3.31. The van der Waals surface area contributed by atoms with Gasteiger partial charge in [0, 0.05) is 12.0 Å². The van der Waals surface area contributed by atoms with Crippen molar-refractivity contribution < 1.29 is 8.78 Å². The van der Waals surface area contributed by atoms with Crippen LogP contribution in [0.2, 0.25) is 0 Å². The third-order valence-corrected chi connectivity index (χ3v) is 2.89. The zero-order valence-corrected chi connectivity index (χ0v) is 7.84. The molecule has 1 nitrogen and oxygen atoms in total. The van der Waals surface area contributed by atoms with Crippen LogP contribution in [0.4, 0.5) is 8.78 Å². The molecule has 1 atom stereocenters. The molecule has 0 heterocycles. The van der Waals surface area contributed by atoms with Gasteiger partial charge in [-0.25, -0.2) is 8.78 Å². The van der Waals surface area contributed by atoms with Gasteiger partial charge in [-0.15, -0.1) is 0 Å². The zero-order chi connectivity index (χ0) is 10.2. The lowest BCUT2D eigenvalue weighted by Crippen LogP contribution is -2.27. The van der Waals surface area contributed by atoms with Crippen molar-refractivity contribution in [3.8, 4) is 0 Å². The second-order valence-corrected chi connectivity index (χ2v) is 3.76. The Labute approximate surface area is 81.9 Å². The molecular weight excluding hydrogens is 184 g/mol. The summed E-state index contributed by atoms with van der Waals surface area (Å²) in [5.41, 5.74) is 6.46. The molecule has 0 spiro atoms. The average Bonchev–Trinajstić information content (AvgIpc) is 2.18. The molecule has 76 valence electrons. The summed E-state index contributed by atoms with van der Waals surface area (Å²) in [6.07, 6.45) is 0.409. The Kier molecular flexibility index (Phi) is 2.27. The Morgan fingerprint density at radius 3 is 2.79 bits per heavy atom. The summed E-state index contributed by atoms with van der Waals surface area (Å²) in [5, 5.41) is 0. The van der Waals surface area contributed by atoms with E-state index in [0.717, 1.165) is 5.56 Å². The third kappa shape index (κ3) is 1.42. The van der Waals surface area contributed by atoms with Crippen LogP contribution in [0.5, 0.6) is 0 Å². The summed E-state index contributed by atoms with van der Waals surface area (Å²) in [5.74, 6) is -2.56. The summed E-state index contributed by atoms with van der Waals surface area (Å²) < 4.78 is 26.9. The minimum absolute atomic E-state index is 0.0775. The highest BCUT2D eigenvalue weighted by Crippen LogP contribution is 2.44. The van der Waals surface area contributed by atoms with Crippen LogP contribution in [0.15, 0.2) is 24.3 Å². The van der Waals surface area contributed by atoms with Crippen LogP contribution in [-0.4, -0.2) is 6.54 Å². The van der Waals surface area contributed by atoms with Gasteiger partial charge in [-0.2, -0.15) is 0 Å². The molecule has 2 rings (SSSR count). The number of halogens is 2. The molecule has 1 aromatic carbocycles. The number of rotatable bonds is 1. The highest BCUT2D eigenvalue weighted by atomic mass is 19.3. The molecule has 1 aromatic rings. The Balaban J connectivity index is 2.49. The van der Waals surface area contributed by atoms with Crippen molar-refractivity contribution in [1.82, 2.24) is 0 Å². The number of benzene rings is 1. The summed E-state index contributed by atoms with van der Waals surface area (Å²) in [6, 6.07) is 6.73. The number of hydrogen-bond acceptors (Lipinski definition) is 1. The lowest BCUT2D eigenvalue weighted by molar-refractivity contribution is -0.0248. The average molecular weight is 197 g/mol. The van der Waals surface area contributed by atoms with Gasteiger partial charge in [0.1, 0.15) is 0 Å². The fourth-order valence-corrected chi connectivity index (χ4v) is 2.08. The van der Waals surface area contributed by atoms with E-state index in [2.05, 4.69) is 0 Å². The molecule has 1 unspecified atom stereocenters. The van der Waals surface area contributed by atoms with Crippen molar-refractivity contribution in [3.05, 3.63) is 35.4 Å². The highest BCUT2D eigenvalue weighted by Gasteiger charge is 2.39. The third-order valence-electron chi connectivity index (χ3n) is 2.89. The van der Waals surface area contributed by atoms with E-state index < -0.39 is 5.92 Å². The predicted octanol–water partition coefficient (Wildman–Crippen LogP) is 2.61. The van der Waals surface area contributed by atoms with Gasteiger partial charge in [0.15, 0.2) is 0 Å². The Morgan fingerprint density at radius 2 is 2.07 bits per heavy atom. The van der Waals surface area contributed by atoms with Crippen LogP contribution < -0.4 is 5.73 Å². The van der Waals surface area contributed by atoms with Crippen LogP contribution in [-0.2, 0) is 5.92 Å².